The van der Waals surface area contributed by atoms with Gasteiger partial charge in [0.25, 0.3) is 5.91 Å². The largest absolute Gasteiger partial charge is 0.506 e. The Morgan fingerprint density at radius 2 is 1.95 bits per heavy atom. The van der Waals surface area contributed by atoms with Crippen molar-refractivity contribution >= 4 is 57.0 Å². The van der Waals surface area contributed by atoms with Crippen LogP contribution in [0.25, 0.3) is 0 Å². The fraction of sp³-hybridized carbons (Fsp3) is 0.318. The molecule has 0 saturated carbocycles. The van der Waals surface area contributed by atoms with Gasteiger partial charge in [-0.1, -0.05) is 11.6 Å². The summed E-state index contributed by atoms with van der Waals surface area (Å²) in [6.07, 6.45) is 0.182. The summed E-state index contributed by atoms with van der Waals surface area (Å²) in [5, 5.41) is 49.8. The SMILES string of the molecule is O=C(O)C[C@H](NC(=O)CNC(=O)c1cncc(NC2=NC[C@H](O)[C@@H](O)CN2)c1)c1cc(Cl)cc(Br)c1O. The molecule has 2 amide bonds. The van der Waals surface area contributed by atoms with E-state index >= 15 is 0 Å². The number of nitrogens with one attached hydrogen (secondary N) is 4. The first kappa shape index (κ1) is 28.1. The number of aromatic hydroxyl groups is 1. The van der Waals surface area contributed by atoms with Crippen LogP contribution in [0.4, 0.5) is 5.69 Å². The number of aliphatic hydroxyl groups is 2. The first-order valence-electron chi connectivity index (χ1n) is 10.9. The van der Waals surface area contributed by atoms with Gasteiger partial charge in [-0.15, -0.1) is 0 Å². The number of aliphatic hydroxyl groups excluding tert-OH is 2. The number of benzene rings is 1. The summed E-state index contributed by atoms with van der Waals surface area (Å²) in [6, 6.07) is 3.10. The second kappa shape index (κ2) is 12.7. The van der Waals surface area contributed by atoms with Crippen molar-refractivity contribution < 1.29 is 34.8 Å². The lowest BCUT2D eigenvalue weighted by Gasteiger charge is -2.20. The summed E-state index contributed by atoms with van der Waals surface area (Å²) in [7, 11) is 0. The van der Waals surface area contributed by atoms with Crippen LogP contribution in [0.2, 0.25) is 5.02 Å². The van der Waals surface area contributed by atoms with Gasteiger partial charge in [-0.25, -0.2) is 0 Å². The number of rotatable bonds is 8. The molecule has 13 nitrogen and oxygen atoms in total. The van der Waals surface area contributed by atoms with Gasteiger partial charge in [0.2, 0.25) is 5.91 Å². The molecule has 0 aliphatic carbocycles. The van der Waals surface area contributed by atoms with Gasteiger partial charge in [-0.3, -0.25) is 24.4 Å². The molecule has 0 unspecified atom stereocenters. The van der Waals surface area contributed by atoms with Crippen LogP contribution < -0.4 is 21.3 Å². The lowest BCUT2D eigenvalue weighted by Crippen LogP contribution is -2.39. The van der Waals surface area contributed by atoms with Crippen LogP contribution in [-0.4, -0.2) is 81.0 Å². The zero-order valence-electron chi connectivity index (χ0n) is 19.1. The number of anilines is 1. The molecule has 0 fully saturated rings. The van der Waals surface area contributed by atoms with E-state index in [0.29, 0.717) is 5.69 Å². The molecule has 0 radical (unpaired) electrons. The van der Waals surface area contributed by atoms with Crippen molar-refractivity contribution in [2.75, 3.05) is 25.0 Å². The number of aliphatic imine (C=N–C) groups is 1. The van der Waals surface area contributed by atoms with Gasteiger partial charge in [0, 0.05) is 23.3 Å². The van der Waals surface area contributed by atoms with Crippen LogP contribution in [0.1, 0.15) is 28.4 Å². The number of β-amino-alcohol motifs (C(OH)–C–C–N with tert-alkyl or cyclic N) is 1. The highest BCUT2D eigenvalue weighted by Gasteiger charge is 2.24. The van der Waals surface area contributed by atoms with Crippen molar-refractivity contribution in [2.45, 2.75) is 24.7 Å². The van der Waals surface area contributed by atoms with Crippen LogP contribution in [0, 0.1) is 0 Å². The molecule has 1 aromatic carbocycles. The Hall–Kier alpha value is -3.46. The van der Waals surface area contributed by atoms with E-state index < -0.39 is 49.0 Å². The maximum atomic E-state index is 12.6. The lowest BCUT2D eigenvalue weighted by molar-refractivity contribution is -0.137. The summed E-state index contributed by atoms with van der Waals surface area (Å²) >= 11 is 9.13. The van der Waals surface area contributed by atoms with Crippen LogP contribution >= 0.6 is 27.5 Å². The number of nitrogens with zero attached hydrogens (tertiary/aromatic N) is 2. The Labute approximate surface area is 224 Å². The fourth-order valence-electron chi connectivity index (χ4n) is 3.33. The minimum absolute atomic E-state index is 0.0218. The number of pyridine rings is 1. The number of carbonyl (C=O) groups is 3. The highest BCUT2D eigenvalue weighted by Crippen LogP contribution is 2.36. The van der Waals surface area contributed by atoms with Crippen LogP contribution in [0.3, 0.4) is 0 Å². The number of phenols is 1. The number of carboxylic acids is 1. The number of carbonyl (C=O) groups excluding carboxylic acids is 2. The molecule has 0 bridgehead atoms. The van der Waals surface area contributed by atoms with E-state index in [9.17, 15) is 34.8 Å². The number of halogens is 2. The van der Waals surface area contributed by atoms with Gasteiger partial charge < -0.3 is 41.7 Å². The van der Waals surface area contributed by atoms with Crippen molar-refractivity contribution in [1.82, 2.24) is 20.9 Å². The first-order chi connectivity index (χ1) is 17.5. The molecule has 2 heterocycles. The normalized spacial score (nSPS) is 18.0. The highest BCUT2D eigenvalue weighted by molar-refractivity contribution is 9.10. The van der Waals surface area contributed by atoms with E-state index in [0.717, 1.165) is 0 Å². The molecule has 3 rings (SSSR count). The summed E-state index contributed by atoms with van der Waals surface area (Å²) in [6.45, 7) is -0.437. The zero-order valence-corrected chi connectivity index (χ0v) is 21.5. The molecular formula is C22H24BrClN6O7. The molecule has 1 aromatic heterocycles. The van der Waals surface area contributed by atoms with Crippen molar-refractivity contribution in [1.29, 1.82) is 0 Å². The maximum Gasteiger partial charge on any atom is 0.305 e. The maximum absolute atomic E-state index is 12.6. The molecule has 198 valence electrons. The summed E-state index contributed by atoms with van der Waals surface area (Å²) in [4.78, 5) is 44.5. The molecule has 15 heteroatoms. The number of amides is 2. The van der Waals surface area contributed by atoms with Crippen LogP contribution in [0.15, 0.2) is 40.1 Å². The standard InChI is InChI=1S/C22H24BrClN6O7/c23-14-3-11(24)2-13(20(14)36)15(4-19(34)35)30-18(33)9-26-21(37)10-1-12(6-25-5-10)29-22-27-7-16(31)17(32)8-28-22/h1-3,5-6,15-17,31-32,36H,4,7-9H2,(H,26,37)(H,30,33)(H,34,35)(H2,27,28,29)/t15-,16-,17-/m0/s1. The average Bonchev–Trinajstić information content (AvgIpc) is 3.00. The van der Waals surface area contributed by atoms with Gasteiger partial charge in [0.05, 0.1) is 53.6 Å². The summed E-state index contributed by atoms with van der Waals surface area (Å²) < 4.78 is 0.228. The second-order valence-electron chi connectivity index (χ2n) is 8.02. The number of guanidine groups is 1. The molecule has 0 spiro atoms. The fourth-order valence-corrected chi connectivity index (χ4v) is 4.16. The number of phenolic OH excluding ortho intramolecular Hbond substituents is 1. The van der Waals surface area contributed by atoms with Crippen LogP contribution in [0.5, 0.6) is 5.75 Å². The van der Waals surface area contributed by atoms with E-state index in [1.165, 1.54) is 30.6 Å². The van der Waals surface area contributed by atoms with Crippen LogP contribution in [-0.2, 0) is 9.59 Å². The first-order valence-corrected chi connectivity index (χ1v) is 12.0. The van der Waals surface area contributed by atoms with Crippen molar-refractivity contribution in [3.63, 3.8) is 0 Å². The van der Waals surface area contributed by atoms with Gasteiger partial charge in [0.15, 0.2) is 5.96 Å². The average molecular weight is 600 g/mol. The van der Waals surface area contributed by atoms with E-state index in [1.807, 2.05) is 0 Å². The van der Waals surface area contributed by atoms with Crippen molar-refractivity contribution in [3.8, 4) is 5.75 Å². The van der Waals surface area contributed by atoms with Crippen molar-refractivity contribution in [3.05, 3.63) is 51.2 Å². The summed E-state index contributed by atoms with van der Waals surface area (Å²) in [5.41, 5.74) is 0.600. The van der Waals surface area contributed by atoms with Gasteiger partial charge >= 0.3 is 5.97 Å². The number of aromatic nitrogens is 1. The van der Waals surface area contributed by atoms with E-state index in [2.05, 4.69) is 47.2 Å². The molecule has 1 aliphatic rings. The Morgan fingerprint density at radius 1 is 1.19 bits per heavy atom. The zero-order chi connectivity index (χ0) is 27.1. The third-order valence-electron chi connectivity index (χ3n) is 5.18. The Balaban J connectivity index is 1.62. The quantitative estimate of drug-likeness (QED) is 0.209. The van der Waals surface area contributed by atoms with Gasteiger partial charge in [0.1, 0.15) is 11.9 Å². The second-order valence-corrected chi connectivity index (χ2v) is 9.31. The minimum atomic E-state index is -1.22. The van der Waals surface area contributed by atoms with Gasteiger partial charge in [-0.05, 0) is 34.1 Å². The number of hydrogen-bond donors (Lipinski definition) is 8. The predicted octanol–water partition coefficient (Wildman–Crippen LogP) is 0.358. The minimum Gasteiger partial charge on any atom is -0.506 e. The number of carboxylic acid groups (broad SMARTS) is 1. The van der Waals surface area contributed by atoms with Crippen molar-refractivity contribution in [2.24, 2.45) is 4.99 Å². The van der Waals surface area contributed by atoms with E-state index in [-0.39, 0.29) is 45.4 Å². The third kappa shape index (κ3) is 8.01. The topological polar surface area (TPSA) is 205 Å². The molecule has 2 aromatic rings. The third-order valence-corrected chi connectivity index (χ3v) is 6.00. The predicted molar refractivity (Wildman–Crippen MR) is 136 cm³/mol. The van der Waals surface area contributed by atoms with E-state index in [1.54, 1.807) is 0 Å². The lowest BCUT2D eigenvalue weighted by atomic mass is 10.0. The molecule has 37 heavy (non-hydrogen) atoms. The Bertz CT molecular complexity index is 1210. The highest BCUT2D eigenvalue weighted by atomic mass is 79.9. The Kier molecular flexibility index (Phi) is 9.63. The Morgan fingerprint density at radius 3 is 2.68 bits per heavy atom. The van der Waals surface area contributed by atoms with E-state index in [4.69, 9.17) is 11.6 Å². The molecule has 0 saturated heterocycles. The molecular weight excluding hydrogens is 576 g/mol. The smallest absolute Gasteiger partial charge is 0.305 e. The van der Waals surface area contributed by atoms with Gasteiger partial charge in [-0.2, -0.15) is 0 Å². The molecule has 3 atom stereocenters. The molecule has 1 aliphatic heterocycles. The summed E-state index contributed by atoms with van der Waals surface area (Å²) in [5.74, 6) is -2.55. The number of hydrogen-bond acceptors (Lipinski definition) is 10. The number of aliphatic carboxylic acids is 1. The molecule has 8 N–H and O–H groups in total. The monoisotopic (exact) mass is 598 g/mol.